The van der Waals surface area contributed by atoms with Crippen molar-refractivity contribution in [3.8, 4) is 0 Å². The molecule has 1 heterocycles. The fourth-order valence-corrected chi connectivity index (χ4v) is 1.78. The normalized spacial score (nSPS) is 10.9. The maximum absolute atomic E-state index is 13.1. The fraction of sp³-hybridized carbons (Fsp3) is 0.182. The molecule has 4 heteroatoms. The first-order valence-electron chi connectivity index (χ1n) is 4.52. The van der Waals surface area contributed by atoms with E-state index in [4.69, 9.17) is 17.3 Å². The molecule has 2 rings (SSSR count). The Hall–Kier alpha value is -1.35. The summed E-state index contributed by atoms with van der Waals surface area (Å²) in [5, 5.41) is 0.864. The third-order valence-electron chi connectivity index (χ3n) is 2.54. The van der Waals surface area contributed by atoms with Crippen molar-refractivity contribution in [3.63, 3.8) is 0 Å². The van der Waals surface area contributed by atoms with Gasteiger partial charge in [0.15, 0.2) is 0 Å². The van der Waals surface area contributed by atoms with Crippen LogP contribution in [0.3, 0.4) is 0 Å². The van der Waals surface area contributed by atoms with Crippen LogP contribution in [0.25, 0.3) is 10.9 Å². The number of rotatable bonds is 0. The smallest absolute Gasteiger partial charge is 0.125 e. The topological polar surface area (TPSA) is 38.9 Å². The quantitative estimate of drug-likeness (QED) is 0.746. The molecule has 0 aliphatic rings. The number of nitrogens with two attached hydrogens (primary N) is 1. The summed E-state index contributed by atoms with van der Waals surface area (Å²) < 4.78 is 13.1. The van der Waals surface area contributed by atoms with Crippen LogP contribution in [0.5, 0.6) is 0 Å². The molecule has 0 aliphatic heterocycles. The van der Waals surface area contributed by atoms with Crippen molar-refractivity contribution in [3.05, 3.63) is 34.2 Å². The maximum Gasteiger partial charge on any atom is 0.125 e. The van der Waals surface area contributed by atoms with Crippen LogP contribution in [-0.4, -0.2) is 4.98 Å². The molecule has 2 N–H and O–H groups in total. The Kier molecular flexibility index (Phi) is 2.27. The Morgan fingerprint density at radius 1 is 1.33 bits per heavy atom. The van der Waals surface area contributed by atoms with Crippen molar-refractivity contribution in [2.24, 2.45) is 0 Å². The van der Waals surface area contributed by atoms with E-state index in [2.05, 4.69) is 4.98 Å². The second kappa shape index (κ2) is 3.35. The highest BCUT2D eigenvalue weighted by molar-refractivity contribution is 6.35. The van der Waals surface area contributed by atoms with Gasteiger partial charge in [-0.15, -0.1) is 0 Å². The average Bonchev–Trinajstić information content (AvgIpc) is 2.17. The molecule has 0 atom stereocenters. The molecule has 2 aromatic rings. The largest absolute Gasteiger partial charge is 0.398 e. The predicted octanol–water partition coefficient (Wildman–Crippen LogP) is 3.23. The monoisotopic (exact) mass is 224 g/mol. The van der Waals surface area contributed by atoms with Crippen molar-refractivity contribution in [1.29, 1.82) is 0 Å². The molecule has 0 aliphatic carbocycles. The van der Waals surface area contributed by atoms with E-state index in [1.54, 1.807) is 0 Å². The van der Waals surface area contributed by atoms with E-state index in [0.29, 0.717) is 21.6 Å². The minimum Gasteiger partial charge on any atom is -0.398 e. The number of fused-ring (bicyclic) bond motifs is 1. The molecule has 78 valence electrons. The van der Waals surface area contributed by atoms with E-state index in [1.165, 1.54) is 12.1 Å². The zero-order valence-corrected chi connectivity index (χ0v) is 9.19. The predicted molar refractivity (Wildman–Crippen MR) is 60.6 cm³/mol. The Morgan fingerprint density at radius 2 is 2.00 bits per heavy atom. The van der Waals surface area contributed by atoms with Crippen molar-refractivity contribution in [2.75, 3.05) is 5.73 Å². The first kappa shape index (κ1) is 10.2. The molecule has 2 nitrogen and oxygen atoms in total. The zero-order valence-electron chi connectivity index (χ0n) is 8.44. The number of pyridine rings is 1. The van der Waals surface area contributed by atoms with Crippen LogP contribution in [0.2, 0.25) is 5.02 Å². The van der Waals surface area contributed by atoms with Crippen molar-refractivity contribution >= 4 is 28.2 Å². The number of aryl methyl sites for hydroxylation is 1. The van der Waals surface area contributed by atoms with Crippen molar-refractivity contribution < 1.29 is 4.39 Å². The van der Waals surface area contributed by atoms with Crippen LogP contribution in [0.1, 0.15) is 11.3 Å². The van der Waals surface area contributed by atoms with Gasteiger partial charge in [-0.25, -0.2) is 4.39 Å². The Balaban J connectivity index is 2.98. The van der Waals surface area contributed by atoms with E-state index in [9.17, 15) is 4.39 Å². The average molecular weight is 225 g/mol. The zero-order chi connectivity index (χ0) is 11.2. The van der Waals surface area contributed by atoms with E-state index in [0.717, 1.165) is 11.3 Å². The van der Waals surface area contributed by atoms with Gasteiger partial charge >= 0.3 is 0 Å². The number of halogens is 2. The number of nitrogen functional groups attached to an aromatic ring is 1. The van der Waals surface area contributed by atoms with E-state index >= 15 is 0 Å². The van der Waals surface area contributed by atoms with Gasteiger partial charge in [0.1, 0.15) is 5.82 Å². The standard InChI is InChI=1S/C11H10ClFN2/c1-5-6(2)15-11-8(10(5)14)3-7(13)4-9(11)12/h3-4H,1-2H3,(H2,14,15). The van der Waals surface area contributed by atoms with Crippen molar-refractivity contribution in [2.45, 2.75) is 13.8 Å². The molecule has 0 saturated heterocycles. The van der Waals surface area contributed by atoms with Gasteiger partial charge < -0.3 is 5.73 Å². The van der Waals surface area contributed by atoms with Crippen LogP contribution in [0.15, 0.2) is 12.1 Å². The second-order valence-electron chi connectivity index (χ2n) is 3.52. The molecule has 0 unspecified atom stereocenters. The molecule has 0 radical (unpaired) electrons. The summed E-state index contributed by atoms with van der Waals surface area (Å²) in [5.74, 6) is -0.399. The molecular formula is C11H10ClFN2. The lowest BCUT2D eigenvalue weighted by Crippen LogP contribution is -1.98. The Morgan fingerprint density at radius 3 is 2.67 bits per heavy atom. The second-order valence-corrected chi connectivity index (χ2v) is 3.93. The molecule has 15 heavy (non-hydrogen) atoms. The Labute approximate surface area is 91.9 Å². The van der Waals surface area contributed by atoms with Crippen LogP contribution in [0.4, 0.5) is 10.1 Å². The van der Waals surface area contributed by atoms with Crippen LogP contribution in [-0.2, 0) is 0 Å². The van der Waals surface area contributed by atoms with Gasteiger partial charge in [-0.3, -0.25) is 4.98 Å². The first-order chi connectivity index (χ1) is 7.00. The van der Waals surface area contributed by atoms with Gasteiger partial charge in [0.05, 0.1) is 10.5 Å². The molecule has 0 amide bonds. The van der Waals surface area contributed by atoms with Gasteiger partial charge in [0, 0.05) is 16.8 Å². The summed E-state index contributed by atoms with van der Waals surface area (Å²) in [6.07, 6.45) is 0. The van der Waals surface area contributed by atoms with Crippen LogP contribution < -0.4 is 5.73 Å². The lowest BCUT2D eigenvalue weighted by Gasteiger charge is -2.09. The lowest BCUT2D eigenvalue weighted by molar-refractivity contribution is 0.629. The third kappa shape index (κ3) is 1.53. The summed E-state index contributed by atoms with van der Waals surface area (Å²) in [6.45, 7) is 3.71. The first-order valence-corrected chi connectivity index (χ1v) is 4.90. The fourth-order valence-electron chi connectivity index (χ4n) is 1.53. The number of hydrogen-bond acceptors (Lipinski definition) is 2. The van der Waals surface area contributed by atoms with Crippen LogP contribution in [0, 0.1) is 19.7 Å². The molecule has 0 fully saturated rings. The lowest BCUT2D eigenvalue weighted by atomic mass is 10.1. The summed E-state index contributed by atoms with van der Waals surface area (Å²) in [6, 6.07) is 2.60. The van der Waals surface area contributed by atoms with Crippen molar-refractivity contribution in [1.82, 2.24) is 4.98 Å². The van der Waals surface area contributed by atoms with Crippen LogP contribution >= 0.6 is 11.6 Å². The Bertz CT molecular complexity index is 552. The number of aromatic nitrogens is 1. The molecule has 0 spiro atoms. The molecule has 0 bridgehead atoms. The summed E-state index contributed by atoms with van der Waals surface area (Å²) >= 11 is 5.90. The van der Waals surface area contributed by atoms with E-state index in [1.807, 2.05) is 13.8 Å². The summed E-state index contributed by atoms with van der Waals surface area (Å²) in [7, 11) is 0. The minimum atomic E-state index is -0.399. The van der Waals surface area contributed by atoms with E-state index < -0.39 is 5.82 Å². The number of benzene rings is 1. The SMILES string of the molecule is Cc1nc2c(Cl)cc(F)cc2c(N)c1C. The van der Waals surface area contributed by atoms with E-state index in [-0.39, 0.29) is 0 Å². The third-order valence-corrected chi connectivity index (χ3v) is 2.83. The molecule has 1 aromatic carbocycles. The van der Waals surface area contributed by atoms with Gasteiger partial charge in [0.25, 0.3) is 0 Å². The number of anilines is 1. The molecule has 1 aromatic heterocycles. The van der Waals surface area contributed by atoms with Gasteiger partial charge in [0.2, 0.25) is 0 Å². The number of nitrogens with zero attached hydrogens (tertiary/aromatic N) is 1. The highest BCUT2D eigenvalue weighted by Crippen LogP contribution is 2.30. The maximum atomic E-state index is 13.1. The molecule has 0 saturated carbocycles. The molecular weight excluding hydrogens is 215 g/mol. The number of hydrogen-bond donors (Lipinski definition) is 1. The highest BCUT2D eigenvalue weighted by Gasteiger charge is 2.10. The van der Waals surface area contributed by atoms with Gasteiger partial charge in [-0.05, 0) is 31.5 Å². The van der Waals surface area contributed by atoms with Gasteiger partial charge in [-0.1, -0.05) is 11.6 Å². The van der Waals surface area contributed by atoms with Gasteiger partial charge in [-0.2, -0.15) is 0 Å². The highest BCUT2D eigenvalue weighted by atomic mass is 35.5. The summed E-state index contributed by atoms with van der Waals surface area (Å²) in [5.41, 5.74) is 8.66. The minimum absolute atomic E-state index is 0.291. The summed E-state index contributed by atoms with van der Waals surface area (Å²) in [4.78, 5) is 4.30.